The van der Waals surface area contributed by atoms with Crippen molar-refractivity contribution in [1.82, 2.24) is 24.7 Å². The molecule has 0 aliphatic rings. The van der Waals surface area contributed by atoms with Crippen molar-refractivity contribution in [3.8, 4) is 0 Å². The Morgan fingerprint density at radius 3 is 2.59 bits per heavy atom. The van der Waals surface area contributed by atoms with Crippen LogP contribution in [0, 0.1) is 13.8 Å². The van der Waals surface area contributed by atoms with Crippen LogP contribution in [0.25, 0.3) is 10.9 Å². The average molecular weight is 481 g/mol. The number of pyridine rings is 1. The molecule has 0 aliphatic carbocycles. The Kier molecular flexibility index (Phi) is 6.85. The molecule has 0 fully saturated rings. The molecular weight excluding hydrogens is 452 g/mol. The Morgan fingerprint density at radius 1 is 1.03 bits per heavy atom. The normalized spacial score (nSPS) is 11.6. The molecule has 0 atom stereocenters. The van der Waals surface area contributed by atoms with E-state index in [1.807, 2.05) is 44.2 Å². The average Bonchev–Trinajstić information content (AvgIpc) is 3.02. The zero-order chi connectivity index (χ0) is 24.3. The Morgan fingerprint density at radius 2 is 1.79 bits per heavy atom. The van der Waals surface area contributed by atoms with Gasteiger partial charge in [0.05, 0.1) is 34.7 Å². The van der Waals surface area contributed by atoms with Crippen LogP contribution in [0.2, 0.25) is 5.02 Å². The summed E-state index contributed by atoms with van der Waals surface area (Å²) in [6.07, 6.45) is 3.47. The number of benzene rings is 1. The number of aromatic nitrogens is 5. The molecule has 0 aliphatic heterocycles. The first-order chi connectivity index (χ1) is 16.2. The minimum absolute atomic E-state index is 0.399. The number of halogens is 1. The molecule has 0 amide bonds. The summed E-state index contributed by atoms with van der Waals surface area (Å²) in [5.74, 6) is 1.19. The molecule has 1 aromatic carbocycles. The lowest BCUT2D eigenvalue weighted by molar-refractivity contribution is 0.0570. The van der Waals surface area contributed by atoms with Crippen molar-refractivity contribution in [1.29, 1.82) is 0 Å². The molecule has 0 saturated carbocycles. The van der Waals surface area contributed by atoms with Crippen molar-refractivity contribution in [3.63, 3.8) is 0 Å². The van der Waals surface area contributed by atoms with Crippen LogP contribution in [0.15, 0.2) is 42.7 Å². The van der Waals surface area contributed by atoms with Crippen LogP contribution in [0.5, 0.6) is 0 Å². The highest BCUT2D eigenvalue weighted by molar-refractivity contribution is 6.31. The molecule has 178 valence electrons. The van der Waals surface area contributed by atoms with Crippen LogP contribution < -0.4 is 16.0 Å². The van der Waals surface area contributed by atoms with E-state index in [4.69, 9.17) is 11.6 Å². The lowest BCUT2D eigenvalue weighted by Crippen LogP contribution is -2.27. The molecule has 34 heavy (non-hydrogen) atoms. The summed E-state index contributed by atoms with van der Waals surface area (Å²) in [7, 11) is 0. The topological polar surface area (TPSA) is 113 Å². The van der Waals surface area contributed by atoms with Crippen molar-refractivity contribution in [3.05, 3.63) is 59.1 Å². The summed E-state index contributed by atoms with van der Waals surface area (Å²) in [6, 6.07) is 9.46. The molecule has 4 N–H and O–H groups in total. The van der Waals surface area contributed by atoms with E-state index in [1.165, 1.54) is 0 Å². The van der Waals surface area contributed by atoms with Gasteiger partial charge in [-0.1, -0.05) is 11.6 Å². The molecule has 9 nitrogen and oxygen atoms in total. The smallest absolute Gasteiger partial charge is 0.229 e. The van der Waals surface area contributed by atoms with Gasteiger partial charge in [-0.25, -0.2) is 4.98 Å². The van der Waals surface area contributed by atoms with E-state index in [0.717, 1.165) is 33.7 Å². The van der Waals surface area contributed by atoms with Gasteiger partial charge in [-0.2, -0.15) is 10.1 Å². The van der Waals surface area contributed by atoms with E-state index in [2.05, 4.69) is 36.0 Å². The van der Waals surface area contributed by atoms with Gasteiger partial charge in [-0.15, -0.1) is 0 Å². The molecule has 0 unspecified atom stereocenters. The fourth-order valence-electron chi connectivity index (χ4n) is 3.69. The minimum Gasteiger partial charge on any atom is -0.389 e. The summed E-state index contributed by atoms with van der Waals surface area (Å²) < 4.78 is 1.79. The van der Waals surface area contributed by atoms with Gasteiger partial charge < -0.3 is 21.1 Å². The van der Waals surface area contributed by atoms with Crippen LogP contribution in [0.4, 0.5) is 23.1 Å². The van der Waals surface area contributed by atoms with Crippen molar-refractivity contribution >= 4 is 45.6 Å². The summed E-state index contributed by atoms with van der Waals surface area (Å²) in [6.45, 7) is 9.15. The SMILES string of the molecule is Cc1nn(CC(C)(C)O)c(C)c1Nc1nccc(NCCNc2ccnc3cc(Cl)ccc23)n1. The first kappa shape index (κ1) is 23.7. The highest BCUT2D eigenvalue weighted by atomic mass is 35.5. The quantitative estimate of drug-likeness (QED) is 0.258. The molecule has 0 saturated heterocycles. The maximum atomic E-state index is 10.1. The number of hydrogen-bond acceptors (Lipinski definition) is 8. The van der Waals surface area contributed by atoms with Crippen LogP contribution in [0.3, 0.4) is 0 Å². The van der Waals surface area contributed by atoms with E-state index >= 15 is 0 Å². The molecule has 0 radical (unpaired) electrons. The lowest BCUT2D eigenvalue weighted by Gasteiger charge is -2.18. The molecule has 0 spiro atoms. The van der Waals surface area contributed by atoms with Crippen molar-refractivity contribution in [2.24, 2.45) is 0 Å². The summed E-state index contributed by atoms with van der Waals surface area (Å²) in [4.78, 5) is 13.3. The number of hydrogen-bond donors (Lipinski definition) is 4. The summed E-state index contributed by atoms with van der Waals surface area (Å²) in [5.41, 5.74) is 3.57. The predicted octanol–water partition coefficient (Wildman–Crippen LogP) is 4.53. The Hall–Kier alpha value is -3.43. The fraction of sp³-hybridized carbons (Fsp3) is 0.333. The third kappa shape index (κ3) is 5.73. The predicted molar refractivity (Wildman–Crippen MR) is 137 cm³/mol. The van der Waals surface area contributed by atoms with E-state index in [0.29, 0.717) is 36.4 Å². The molecule has 4 rings (SSSR count). The third-order valence-electron chi connectivity index (χ3n) is 5.26. The summed E-state index contributed by atoms with van der Waals surface area (Å²) >= 11 is 6.07. The molecule has 10 heteroatoms. The van der Waals surface area contributed by atoms with Crippen molar-refractivity contribution < 1.29 is 5.11 Å². The lowest BCUT2D eigenvalue weighted by atomic mass is 10.1. The zero-order valence-corrected chi connectivity index (χ0v) is 20.5. The standard InChI is InChI=1S/C24H29ClN8O/c1-15-22(16(2)33(32-15)14-24(3,4)34)31-23-29-10-8-21(30-23)28-12-11-27-19-7-9-26-20-13-17(25)5-6-18(19)20/h5-10,13,34H,11-12,14H2,1-4H3,(H,26,27)(H2,28,29,30,31). The maximum Gasteiger partial charge on any atom is 0.229 e. The van der Waals surface area contributed by atoms with Gasteiger partial charge in [0.15, 0.2) is 0 Å². The molecule has 4 aromatic rings. The molecule has 3 aromatic heterocycles. The van der Waals surface area contributed by atoms with Crippen LogP contribution in [-0.2, 0) is 6.54 Å². The third-order valence-corrected chi connectivity index (χ3v) is 5.50. The van der Waals surface area contributed by atoms with Gasteiger partial charge in [0, 0.05) is 41.6 Å². The highest BCUT2D eigenvalue weighted by Crippen LogP contribution is 2.25. The number of anilines is 4. The van der Waals surface area contributed by atoms with Gasteiger partial charge >= 0.3 is 0 Å². The number of fused-ring (bicyclic) bond motifs is 1. The van der Waals surface area contributed by atoms with Gasteiger partial charge in [-0.05, 0) is 58.0 Å². The second-order valence-corrected chi connectivity index (χ2v) is 9.22. The van der Waals surface area contributed by atoms with Crippen LogP contribution in [-0.4, -0.2) is 48.5 Å². The zero-order valence-electron chi connectivity index (χ0n) is 19.7. The number of nitrogens with one attached hydrogen (secondary N) is 3. The van der Waals surface area contributed by atoms with Crippen molar-refractivity contribution in [2.45, 2.75) is 39.8 Å². The first-order valence-electron chi connectivity index (χ1n) is 11.1. The van der Waals surface area contributed by atoms with Gasteiger partial charge in [-0.3, -0.25) is 9.67 Å². The second-order valence-electron chi connectivity index (χ2n) is 8.78. The molecular formula is C24H29ClN8O. The molecule has 0 bridgehead atoms. The first-order valence-corrected chi connectivity index (χ1v) is 11.5. The maximum absolute atomic E-state index is 10.1. The largest absolute Gasteiger partial charge is 0.389 e. The number of aryl methyl sites for hydroxylation is 1. The Bertz CT molecular complexity index is 1300. The van der Waals surface area contributed by atoms with E-state index in [-0.39, 0.29) is 0 Å². The highest BCUT2D eigenvalue weighted by Gasteiger charge is 2.19. The van der Waals surface area contributed by atoms with Crippen LogP contribution >= 0.6 is 11.6 Å². The van der Waals surface area contributed by atoms with Crippen molar-refractivity contribution in [2.75, 3.05) is 29.0 Å². The van der Waals surface area contributed by atoms with E-state index in [1.54, 1.807) is 30.9 Å². The van der Waals surface area contributed by atoms with E-state index in [9.17, 15) is 5.11 Å². The second kappa shape index (κ2) is 9.82. The minimum atomic E-state index is -0.857. The van der Waals surface area contributed by atoms with Gasteiger partial charge in [0.2, 0.25) is 5.95 Å². The summed E-state index contributed by atoms with van der Waals surface area (Å²) in [5, 5.41) is 26.4. The van der Waals surface area contributed by atoms with E-state index < -0.39 is 5.60 Å². The number of rotatable bonds is 9. The Labute approximate surface area is 203 Å². The van der Waals surface area contributed by atoms with Crippen LogP contribution in [0.1, 0.15) is 25.2 Å². The fourth-order valence-corrected chi connectivity index (χ4v) is 3.86. The van der Waals surface area contributed by atoms with Gasteiger partial charge in [0.1, 0.15) is 5.82 Å². The molecule has 3 heterocycles. The monoisotopic (exact) mass is 480 g/mol. The number of aliphatic hydroxyl groups is 1. The number of nitrogens with zero attached hydrogens (tertiary/aromatic N) is 5. The van der Waals surface area contributed by atoms with Gasteiger partial charge in [0.25, 0.3) is 0 Å². The Balaban J connectivity index is 1.37.